The fourth-order valence-corrected chi connectivity index (χ4v) is 1.84. The molecule has 4 heteroatoms. The molecule has 13 heavy (non-hydrogen) atoms. The van der Waals surface area contributed by atoms with Crippen LogP contribution in [0.2, 0.25) is 0 Å². The van der Waals surface area contributed by atoms with Gasteiger partial charge in [0.2, 0.25) is 0 Å². The highest BCUT2D eigenvalue weighted by atomic mass is 16.5. The average Bonchev–Trinajstić information content (AvgIpc) is 2.71. The lowest BCUT2D eigenvalue weighted by molar-refractivity contribution is 0.347. The van der Waals surface area contributed by atoms with Crippen LogP contribution in [0.25, 0.3) is 0 Å². The smallest absolute Gasteiger partial charge is 0.158 e. The first-order chi connectivity index (χ1) is 6.33. The zero-order valence-electron chi connectivity index (χ0n) is 7.84. The Labute approximate surface area is 77.5 Å². The molecule has 0 spiro atoms. The number of nitrogens with zero attached hydrogens (tertiary/aromatic N) is 1. The van der Waals surface area contributed by atoms with Gasteiger partial charge in [-0.05, 0) is 26.3 Å². The number of rotatable bonds is 2. The summed E-state index contributed by atoms with van der Waals surface area (Å²) in [6.07, 6.45) is 2.33. The summed E-state index contributed by atoms with van der Waals surface area (Å²) < 4.78 is 5.28. The highest BCUT2D eigenvalue weighted by Crippen LogP contribution is 2.27. The first-order valence-corrected chi connectivity index (χ1v) is 4.71. The molecule has 2 heterocycles. The molecule has 0 aliphatic carbocycles. The minimum atomic E-state index is 0.333. The molecule has 1 atom stereocenters. The Balaban J connectivity index is 2.27. The summed E-state index contributed by atoms with van der Waals surface area (Å²) >= 11 is 0. The topological polar surface area (TPSA) is 64.1 Å². The number of hydrogen-bond acceptors (Lipinski definition) is 4. The second kappa shape index (κ2) is 3.47. The Bertz CT molecular complexity index is 289. The van der Waals surface area contributed by atoms with Crippen molar-refractivity contribution in [1.29, 1.82) is 0 Å². The fourth-order valence-electron chi connectivity index (χ4n) is 1.84. The van der Waals surface area contributed by atoms with E-state index in [1.807, 2.05) is 6.92 Å². The van der Waals surface area contributed by atoms with Crippen molar-refractivity contribution in [3.63, 3.8) is 0 Å². The molecule has 4 nitrogen and oxygen atoms in total. The minimum Gasteiger partial charge on any atom is -0.359 e. The lowest BCUT2D eigenvalue weighted by Crippen LogP contribution is -2.14. The monoisotopic (exact) mass is 181 g/mol. The number of aryl methyl sites for hydroxylation is 1. The van der Waals surface area contributed by atoms with Gasteiger partial charge in [0.25, 0.3) is 0 Å². The summed E-state index contributed by atoms with van der Waals surface area (Å²) in [6.45, 7) is 3.52. The lowest BCUT2D eigenvalue weighted by Gasteiger charge is -2.06. The molecule has 1 aromatic heterocycles. The van der Waals surface area contributed by atoms with E-state index >= 15 is 0 Å². The summed E-state index contributed by atoms with van der Waals surface area (Å²) in [5, 5.41) is 7.31. The predicted molar refractivity (Wildman–Crippen MR) is 49.1 cm³/mol. The van der Waals surface area contributed by atoms with Crippen molar-refractivity contribution in [1.82, 2.24) is 10.5 Å². The van der Waals surface area contributed by atoms with E-state index in [1.54, 1.807) is 0 Å². The van der Waals surface area contributed by atoms with Crippen LogP contribution < -0.4 is 11.1 Å². The molecule has 0 bridgehead atoms. The summed E-state index contributed by atoms with van der Waals surface area (Å²) in [6, 6.07) is 0.333. The van der Waals surface area contributed by atoms with Gasteiger partial charge in [0.05, 0.1) is 11.7 Å². The SMILES string of the molecule is Cc1noc(C2CCCN2)c1CN. The molecule has 1 aromatic rings. The largest absolute Gasteiger partial charge is 0.359 e. The molecule has 0 amide bonds. The molecule has 0 saturated carbocycles. The Kier molecular flexibility index (Phi) is 2.33. The lowest BCUT2D eigenvalue weighted by atomic mass is 10.1. The normalized spacial score (nSPS) is 22.5. The molecule has 3 N–H and O–H groups in total. The van der Waals surface area contributed by atoms with Gasteiger partial charge in [-0.3, -0.25) is 0 Å². The summed E-state index contributed by atoms with van der Waals surface area (Å²) in [5.41, 5.74) is 7.63. The Morgan fingerprint density at radius 3 is 3.15 bits per heavy atom. The predicted octanol–water partition coefficient (Wildman–Crippen LogP) is 0.866. The molecule has 2 rings (SSSR count). The van der Waals surface area contributed by atoms with Gasteiger partial charge in [0, 0.05) is 12.1 Å². The van der Waals surface area contributed by atoms with Crippen LogP contribution in [0.3, 0.4) is 0 Å². The van der Waals surface area contributed by atoms with Gasteiger partial charge in [0.1, 0.15) is 0 Å². The zero-order chi connectivity index (χ0) is 9.26. The van der Waals surface area contributed by atoms with Crippen LogP contribution in [-0.4, -0.2) is 11.7 Å². The van der Waals surface area contributed by atoms with Gasteiger partial charge >= 0.3 is 0 Å². The van der Waals surface area contributed by atoms with Crippen molar-refractivity contribution < 1.29 is 4.52 Å². The van der Waals surface area contributed by atoms with Crippen molar-refractivity contribution in [3.05, 3.63) is 17.0 Å². The molecule has 1 aliphatic rings. The van der Waals surface area contributed by atoms with E-state index < -0.39 is 0 Å². The quantitative estimate of drug-likeness (QED) is 0.710. The van der Waals surface area contributed by atoms with Gasteiger partial charge in [-0.15, -0.1) is 0 Å². The average molecular weight is 181 g/mol. The Morgan fingerprint density at radius 1 is 1.69 bits per heavy atom. The third-order valence-electron chi connectivity index (χ3n) is 2.60. The van der Waals surface area contributed by atoms with E-state index in [9.17, 15) is 0 Å². The maximum absolute atomic E-state index is 5.64. The number of nitrogens with two attached hydrogens (primary N) is 1. The van der Waals surface area contributed by atoms with Gasteiger partial charge in [0.15, 0.2) is 5.76 Å². The summed E-state index contributed by atoms with van der Waals surface area (Å²) in [4.78, 5) is 0. The first-order valence-electron chi connectivity index (χ1n) is 4.71. The van der Waals surface area contributed by atoms with Crippen molar-refractivity contribution in [2.45, 2.75) is 32.4 Å². The van der Waals surface area contributed by atoms with Gasteiger partial charge < -0.3 is 15.6 Å². The van der Waals surface area contributed by atoms with E-state index in [0.717, 1.165) is 30.0 Å². The molecular weight excluding hydrogens is 166 g/mol. The van der Waals surface area contributed by atoms with Gasteiger partial charge in [-0.1, -0.05) is 5.16 Å². The van der Waals surface area contributed by atoms with Crippen LogP contribution in [0.4, 0.5) is 0 Å². The first kappa shape index (κ1) is 8.72. The third kappa shape index (κ3) is 1.47. The van der Waals surface area contributed by atoms with Crippen LogP contribution in [-0.2, 0) is 6.54 Å². The van der Waals surface area contributed by atoms with E-state index in [0.29, 0.717) is 12.6 Å². The minimum absolute atomic E-state index is 0.333. The molecule has 1 saturated heterocycles. The van der Waals surface area contributed by atoms with Crippen LogP contribution in [0.15, 0.2) is 4.52 Å². The second-order valence-electron chi connectivity index (χ2n) is 3.46. The van der Waals surface area contributed by atoms with Crippen molar-refractivity contribution in [3.8, 4) is 0 Å². The molecule has 1 aliphatic heterocycles. The van der Waals surface area contributed by atoms with Crippen LogP contribution in [0.1, 0.15) is 35.9 Å². The standard InChI is InChI=1S/C9H15N3O/c1-6-7(5-10)9(13-12-6)8-3-2-4-11-8/h8,11H,2-5,10H2,1H3. The van der Waals surface area contributed by atoms with Crippen molar-refractivity contribution in [2.75, 3.05) is 6.54 Å². The van der Waals surface area contributed by atoms with Crippen LogP contribution >= 0.6 is 0 Å². The number of nitrogens with one attached hydrogen (secondary N) is 1. The molecular formula is C9H15N3O. The van der Waals surface area contributed by atoms with Crippen LogP contribution in [0.5, 0.6) is 0 Å². The highest BCUT2D eigenvalue weighted by molar-refractivity contribution is 5.24. The zero-order valence-corrected chi connectivity index (χ0v) is 7.84. The Hall–Kier alpha value is -0.870. The summed E-state index contributed by atoms with van der Waals surface area (Å²) in [7, 11) is 0. The van der Waals surface area contributed by atoms with Gasteiger partial charge in [-0.25, -0.2) is 0 Å². The second-order valence-corrected chi connectivity index (χ2v) is 3.46. The third-order valence-corrected chi connectivity index (χ3v) is 2.60. The van der Waals surface area contributed by atoms with Gasteiger partial charge in [-0.2, -0.15) is 0 Å². The molecule has 0 aromatic carbocycles. The van der Waals surface area contributed by atoms with E-state index in [1.165, 1.54) is 6.42 Å². The fraction of sp³-hybridized carbons (Fsp3) is 0.667. The Morgan fingerprint density at radius 2 is 2.54 bits per heavy atom. The molecule has 0 radical (unpaired) electrons. The van der Waals surface area contributed by atoms with E-state index in [-0.39, 0.29) is 0 Å². The van der Waals surface area contributed by atoms with E-state index in [4.69, 9.17) is 10.3 Å². The highest BCUT2D eigenvalue weighted by Gasteiger charge is 2.24. The maximum Gasteiger partial charge on any atom is 0.158 e. The van der Waals surface area contributed by atoms with Crippen molar-refractivity contribution in [2.24, 2.45) is 5.73 Å². The molecule has 1 fully saturated rings. The van der Waals surface area contributed by atoms with Crippen molar-refractivity contribution >= 4 is 0 Å². The molecule has 1 unspecified atom stereocenters. The maximum atomic E-state index is 5.64. The summed E-state index contributed by atoms with van der Waals surface area (Å²) in [5.74, 6) is 0.942. The molecule has 72 valence electrons. The van der Waals surface area contributed by atoms with Crippen LogP contribution in [0, 0.1) is 6.92 Å². The number of hydrogen-bond donors (Lipinski definition) is 2. The van der Waals surface area contributed by atoms with E-state index in [2.05, 4.69) is 10.5 Å². The number of aromatic nitrogens is 1.